The minimum Gasteiger partial charge on any atom is -0.321 e. The van der Waals surface area contributed by atoms with Crippen LogP contribution in [0, 0.1) is 0 Å². The Morgan fingerprint density at radius 3 is 2.61 bits per heavy atom. The van der Waals surface area contributed by atoms with Crippen LogP contribution in [0.25, 0.3) is 11.6 Å². The predicted molar refractivity (Wildman–Crippen MR) is 74.4 cm³/mol. The Labute approximate surface area is 110 Å². The summed E-state index contributed by atoms with van der Waals surface area (Å²) in [5.74, 6) is -0.0869. The second-order valence-corrected chi connectivity index (χ2v) is 4.55. The molecular formula is C15H10ClNO. The van der Waals surface area contributed by atoms with E-state index in [1.807, 2.05) is 48.5 Å². The van der Waals surface area contributed by atoms with Crippen molar-refractivity contribution in [2.24, 2.45) is 0 Å². The SMILES string of the molecule is O=C1Nc2ccc(Cl)cc2/C1=C/c1ccccc1. The highest BCUT2D eigenvalue weighted by atomic mass is 35.5. The number of nitrogens with one attached hydrogen (secondary N) is 1. The van der Waals surface area contributed by atoms with Crippen LogP contribution < -0.4 is 5.32 Å². The summed E-state index contributed by atoms with van der Waals surface area (Å²) < 4.78 is 0. The molecule has 1 aliphatic heterocycles. The molecule has 0 saturated heterocycles. The van der Waals surface area contributed by atoms with Crippen molar-refractivity contribution < 1.29 is 4.79 Å². The smallest absolute Gasteiger partial charge is 0.256 e. The van der Waals surface area contributed by atoms with E-state index in [0.717, 1.165) is 16.8 Å². The van der Waals surface area contributed by atoms with Crippen molar-refractivity contribution in [3.05, 3.63) is 64.7 Å². The van der Waals surface area contributed by atoms with E-state index in [4.69, 9.17) is 11.6 Å². The van der Waals surface area contributed by atoms with Gasteiger partial charge in [0.1, 0.15) is 0 Å². The molecule has 2 aromatic rings. The van der Waals surface area contributed by atoms with E-state index in [1.165, 1.54) is 0 Å². The summed E-state index contributed by atoms with van der Waals surface area (Å²) in [6, 6.07) is 15.2. The molecule has 2 aromatic carbocycles. The van der Waals surface area contributed by atoms with E-state index < -0.39 is 0 Å². The molecule has 1 aliphatic rings. The number of amides is 1. The van der Waals surface area contributed by atoms with Gasteiger partial charge in [-0.3, -0.25) is 4.79 Å². The predicted octanol–water partition coefficient (Wildman–Crippen LogP) is 3.83. The highest BCUT2D eigenvalue weighted by Gasteiger charge is 2.23. The first kappa shape index (κ1) is 11.1. The lowest BCUT2D eigenvalue weighted by molar-refractivity contribution is -0.110. The number of fused-ring (bicyclic) bond motifs is 1. The molecule has 2 nitrogen and oxygen atoms in total. The van der Waals surface area contributed by atoms with Crippen molar-refractivity contribution in [3.8, 4) is 0 Å². The Bertz CT molecular complexity index is 647. The fraction of sp³-hybridized carbons (Fsp3) is 0. The first-order chi connectivity index (χ1) is 8.74. The maximum atomic E-state index is 11.9. The Kier molecular flexibility index (Phi) is 2.65. The van der Waals surface area contributed by atoms with Crippen molar-refractivity contribution in [2.75, 3.05) is 5.32 Å². The molecule has 1 amide bonds. The number of hydrogen-bond acceptors (Lipinski definition) is 1. The number of benzene rings is 2. The van der Waals surface area contributed by atoms with Crippen molar-refractivity contribution in [3.63, 3.8) is 0 Å². The van der Waals surface area contributed by atoms with Crippen LogP contribution in [0.1, 0.15) is 11.1 Å². The van der Waals surface area contributed by atoms with Crippen molar-refractivity contribution in [1.29, 1.82) is 0 Å². The van der Waals surface area contributed by atoms with Gasteiger partial charge in [-0.15, -0.1) is 0 Å². The molecular weight excluding hydrogens is 246 g/mol. The van der Waals surface area contributed by atoms with E-state index >= 15 is 0 Å². The van der Waals surface area contributed by atoms with Gasteiger partial charge in [0.25, 0.3) is 5.91 Å². The summed E-state index contributed by atoms with van der Waals surface area (Å²) in [5.41, 5.74) is 3.32. The van der Waals surface area contributed by atoms with Crippen LogP contribution in [0.3, 0.4) is 0 Å². The summed E-state index contributed by atoms with van der Waals surface area (Å²) in [6.07, 6.45) is 1.87. The van der Waals surface area contributed by atoms with Gasteiger partial charge < -0.3 is 5.32 Å². The molecule has 0 aliphatic carbocycles. The van der Waals surface area contributed by atoms with Crippen LogP contribution in [0.4, 0.5) is 5.69 Å². The topological polar surface area (TPSA) is 29.1 Å². The zero-order valence-corrected chi connectivity index (χ0v) is 10.2. The molecule has 18 heavy (non-hydrogen) atoms. The molecule has 3 rings (SSSR count). The lowest BCUT2D eigenvalue weighted by Crippen LogP contribution is -2.03. The molecule has 0 fully saturated rings. The third-order valence-corrected chi connectivity index (χ3v) is 3.11. The summed E-state index contributed by atoms with van der Waals surface area (Å²) in [4.78, 5) is 11.9. The van der Waals surface area contributed by atoms with Crippen molar-refractivity contribution in [2.45, 2.75) is 0 Å². The molecule has 3 heteroatoms. The van der Waals surface area contributed by atoms with Crippen LogP contribution in [-0.2, 0) is 4.79 Å². The molecule has 0 unspecified atom stereocenters. The number of carbonyl (C=O) groups is 1. The first-order valence-corrected chi connectivity index (χ1v) is 6.00. The average molecular weight is 256 g/mol. The van der Waals surface area contributed by atoms with Gasteiger partial charge in [-0.05, 0) is 29.8 Å². The Morgan fingerprint density at radius 2 is 1.83 bits per heavy atom. The molecule has 0 atom stereocenters. The highest BCUT2D eigenvalue weighted by molar-refractivity contribution is 6.36. The summed E-state index contributed by atoms with van der Waals surface area (Å²) in [7, 11) is 0. The van der Waals surface area contributed by atoms with Crippen LogP contribution in [0.2, 0.25) is 5.02 Å². The number of halogens is 1. The van der Waals surface area contributed by atoms with Gasteiger partial charge in [-0.1, -0.05) is 41.9 Å². The molecule has 0 bridgehead atoms. The first-order valence-electron chi connectivity index (χ1n) is 5.62. The van der Waals surface area contributed by atoms with Gasteiger partial charge in [-0.25, -0.2) is 0 Å². The van der Waals surface area contributed by atoms with Crippen LogP contribution in [0.15, 0.2) is 48.5 Å². The molecule has 1 N–H and O–H groups in total. The Hall–Kier alpha value is -2.06. The second-order valence-electron chi connectivity index (χ2n) is 4.11. The number of carbonyl (C=O) groups excluding carboxylic acids is 1. The quantitative estimate of drug-likeness (QED) is 0.771. The largest absolute Gasteiger partial charge is 0.321 e. The second kappa shape index (κ2) is 4.31. The highest BCUT2D eigenvalue weighted by Crippen LogP contribution is 2.34. The van der Waals surface area contributed by atoms with E-state index in [0.29, 0.717) is 10.6 Å². The molecule has 88 valence electrons. The molecule has 1 heterocycles. The standard InChI is InChI=1S/C15H10ClNO/c16-11-6-7-14-12(9-11)13(15(18)17-14)8-10-4-2-1-3-5-10/h1-9H,(H,17,18)/b13-8-. The lowest BCUT2D eigenvalue weighted by Gasteiger charge is -1.99. The van der Waals surface area contributed by atoms with Crippen molar-refractivity contribution in [1.82, 2.24) is 0 Å². The van der Waals surface area contributed by atoms with Crippen molar-refractivity contribution >= 4 is 34.8 Å². The van der Waals surface area contributed by atoms with Gasteiger partial charge in [0.05, 0.1) is 0 Å². The monoisotopic (exact) mass is 255 g/mol. The lowest BCUT2D eigenvalue weighted by atomic mass is 10.0. The normalized spacial score (nSPS) is 15.6. The maximum absolute atomic E-state index is 11.9. The third-order valence-electron chi connectivity index (χ3n) is 2.88. The van der Waals surface area contributed by atoms with Gasteiger partial charge in [-0.2, -0.15) is 0 Å². The third kappa shape index (κ3) is 1.91. The van der Waals surface area contributed by atoms with Gasteiger partial charge in [0.2, 0.25) is 0 Å². The van der Waals surface area contributed by atoms with Crippen LogP contribution >= 0.6 is 11.6 Å². The molecule has 0 saturated carbocycles. The van der Waals surface area contributed by atoms with E-state index in [-0.39, 0.29) is 5.91 Å². The van der Waals surface area contributed by atoms with Gasteiger partial charge in [0.15, 0.2) is 0 Å². The zero-order valence-electron chi connectivity index (χ0n) is 9.48. The van der Waals surface area contributed by atoms with E-state index in [1.54, 1.807) is 6.07 Å². The van der Waals surface area contributed by atoms with Gasteiger partial charge in [0, 0.05) is 21.8 Å². The van der Waals surface area contributed by atoms with E-state index in [9.17, 15) is 4.79 Å². The average Bonchev–Trinajstić information content (AvgIpc) is 2.67. The molecule has 0 spiro atoms. The molecule has 0 radical (unpaired) electrons. The zero-order chi connectivity index (χ0) is 12.5. The Balaban J connectivity index is 2.12. The number of hydrogen-bond donors (Lipinski definition) is 1. The molecule has 0 aromatic heterocycles. The van der Waals surface area contributed by atoms with E-state index in [2.05, 4.69) is 5.32 Å². The van der Waals surface area contributed by atoms with Crippen LogP contribution in [-0.4, -0.2) is 5.91 Å². The fourth-order valence-electron chi connectivity index (χ4n) is 2.02. The Morgan fingerprint density at radius 1 is 1.06 bits per heavy atom. The summed E-state index contributed by atoms with van der Waals surface area (Å²) >= 11 is 5.97. The minimum atomic E-state index is -0.0869. The van der Waals surface area contributed by atoms with Gasteiger partial charge >= 0.3 is 0 Å². The maximum Gasteiger partial charge on any atom is 0.256 e. The summed E-state index contributed by atoms with van der Waals surface area (Å²) in [5, 5.41) is 3.46. The number of rotatable bonds is 1. The number of anilines is 1. The summed E-state index contributed by atoms with van der Waals surface area (Å²) in [6.45, 7) is 0. The fourth-order valence-corrected chi connectivity index (χ4v) is 2.19. The minimum absolute atomic E-state index is 0.0869. The van der Waals surface area contributed by atoms with Crippen LogP contribution in [0.5, 0.6) is 0 Å².